The van der Waals surface area contributed by atoms with Crippen molar-refractivity contribution in [2.24, 2.45) is 12.8 Å². The Balaban J connectivity index is 2.77. The van der Waals surface area contributed by atoms with E-state index in [4.69, 9.17) is 18.0 Å². The fraction of sp³-hybridized carbons (Fsp3) is 0.545. The van der Waals surface area contributed by atoms with Gasteiger partial charge in [0.1, 0.15) is 0 Å². The quantitative estimate of drug-likeness (QED) is 0.766. The van der Waals surface area contributed by atoms with E-state index >= 15 is 0 Å². The first-order valence-electron chi connectivity index (χ1n) is 5.56. The van der Waals surface area contributed by atoms with Crippen LogP contribution in [-0.4, -0.2) is 26.7 Å². The number of rotatable bonds is 5. The number of carbonyl (C=O) groups is 1. The lowest BCUT2D eigenvalue weighted by molar-refractivity contribution is 0.0945. The molecule has 6 heteroatoms. The van der Waals surface area contributed by atoms with E-state index in [1.165, 1.54) is 0 Å². The van der Waals surface area contributed by atoms with Gasteiger partial charge in [0.2, 0.25) is 0 Å². The zero-order valence-electron chi connectivity index (χ0n) is 10.4. The van der Waals surface area contributed by atoms with Gasteiger partial charge in [-0.2, -0.15) is 5.10 Å². The van der Waals surface area contributed by atoms with E-state index in [1.54, 1.807) is 17.9 Å². The molecule has 0 aliphatic rings. The first-order valence-corrected chi connectivity index (χ1v) is 5.97. The minimum atomic E-state index is -0.248. The van der Waals surface area contributed by atoms with Gasteiger partial charge in [-0.15, -0.1) is 0 Å². The van der Waals surface area contributed by atoms with Crippen LogP contribution in [0.2, 0.25) is 0 Å². The van der Waals surface area contributed by atoms with Crippen LogP contribution in [0.25, 0.3) is 0 Å². The molecule has 0 radical (unpaired) electrons. The zero-order chi connectivity index (χ0) is 13.0. The van der Waals surface area contributed by atoms with E-state index in [1.807, 2.05) is 13.8 Å². The summed E-state index contributed by atoms with van der Waals surface area (Å²) in [5, 5.41) is 6.86. The molecule has 0 aliphatic carbocycles. The van der Waals surface area contributed by atoms with Gasteiger partial charge in [0.05, 0.1) is 22.8 Å². The molecule has 0 saturated heterocycles. The molecule has 5 nitrogen and oxygen atoms in total. The molecule has 0 fully saturated rings. The van der Waals surface area contributed by atoms with Gasteiger partial charge in [-0.25, -0.2) is 0 Å². The third-order valence-electron chi connectivity index (χ3n) is 2.71. The highest BCUT2D eigenvalue weighted by Gasteiger charge is 2.18. The second-order valence-corrected chi connectivity index (χ2v) is 4.46. The minimum Gasteiger partial charge on any atom is -0.392 e. The monoisotopic (exact) mass is 254 g/mol. The Morgan fingerprint density at radius 1 is 1.71 bits per heavy atom. The molecule has 0 bridgehead atoms. The normalized spacial score (nSPS) is 12.2. The Morgan fingerprint density at radius 3 is 2.76 bits per heavy atom. The van der Waals surface area contributed by atoms with Crippen molar-refractivity contribution < 1.29 is 4.79 Å². The lowest BCUT2D eigenvalue weighted by atomic mass is 10.1. The van der Waals surface area contributed by atoms with Crippen LogP contribution in [0.4, 0.5) is 0 Å². The lowest BCUT2D eigenvalue weighted by Crippen LogP contribution is -2.43. The van der Waals surface area contributed by atoms with E-state index in [9.17, 15) is 4.79 Å². The number of hydrogen-bond donors (Lipinski definition) is 2. The average molecular weight is 254 g/mol. The number of nitrogens with one attached hydrogen (secondary N) is 1. The number of nitrogens with two attached hydrogens (primary N) is 1. The highest BCUT2D eigenvalue weighted by atomic mass is 32.1. The van der Waals surface area contributed by atoms with E-state index in [0.29, 0.717) is 10.6 Å². The molecule has 94 valence electrons. The van der Waals surface area contributed by atoms with Crippen LogP contribution in [-0.2, 0) is 7.05 Å². The summed E-state index contributed by atoms with van der Waals surface area (Å²) in [6.07, 6.45) is 3.21. The number of nitrogens with zero attached hydrogens (tertiary/aromatic N) is 2. The van der Waals surface area contributed by atoms with Crippen LogP contribution in [0.3, 0.4) is 0 Å². The number of thiocarbonyl (C=S) groups is 1. The van der Waals surface area contributed by atoms with Gasteiger partial charge in [0.25, 0.3) is 5.91 Å². The minimum absolute atomic E-state index is 0.179. The molecule has 1 atom stereocenters. The Bertz CT molecular complexity index is 427. The van der Waals surface area contributed by atoms with E-state index < -0.39 is 0 Å². The van der Waals surface area contributed by atoms with Crippen LogP contribution < -0.4 is 11.1 Å². The number of aryl methyl sites for hydroxylation is 1. The van der Waals surface area contributed by atoms with Gasteiger partial charge in [0.15, 0.2) is 0 Å². The van der Waals surface area contributed by atoms with Crippen molar-refractivity contribution in [2.45, 2.75) is 32.7 Å². The van der Waals surface area contributed by atoms with Crippen LogP contribution in [0, 0.1) is 6.92 Å². The fourth-order valence-electron chi connectivity index (χ4n) is 1.53. The summed E-state index contributed by atoms with van der Waals surface area (Å²) in [5.41, 5.74) is 6.97. The summed E-state index contributed by atoms with van der Waals surface area (Å²) in [4.78, 5) is 12.3. The zero-order valence-corrected chi connectivity index (χ0v) is 11.2. The number of carbonyl (C=O) groups excluding carboxylic acids is 1. The van der Waals surface area contributed by atoms with Crippen molar-refractivity contribution in [2.75, 3.05) is 0 Å². The largest absolute Gasteiger partial charge is 0.392 e. The highest BCUT2D eigenvalue weighted by molar-refractivity contribution is 7.80. The summed E-state index contributed by atoms with van der Waals surface area (Å²) >= 11 is 4.93. The van der Waals surface area contributed by atoms with Gasteiger partial charge >= 0.3 is 0 Å². The summed E-state index contributed by atoms with van der Waals surface area (Å²) in [7, 11) is 1.79. The van der Waals surface area contributed by atoms with E-state index in [0.717, 1.165) is 18.5 Å². The van der Waals surface area contributed by atoms with Crippen LogP contribution in [0.15, 0.2) is 6.20 Å². The molecule has 0 saturated carbocycles. The van der Waals surface area contributed by atoms with Crippen molar-refractivity contribution >= 4 is 23.1 Å². The molecule has 1 amide bonds. The topological polar surface area (TPSA) is 72.9 Å². The Hall–Kier alpha value is -1.43. The van der Waals surface area contributed by atoms with Crippen molar-refractivity contribution in [1.29, 1.82) is 0 Å². The Morgan fingerprint density at radius 2 is 2.35 bits per heavy atom. The molecule has 17 heavy (non-hydrogen) atoms. The predicted octanol–water partition coefficient (Wildman–Crippen LogP) is 0.913. The van der Waals surface area contributed by atoms with Crippen molar-refractivity contribution in [3.63, 3.8) is 0 Å². The van der Waals surface area contributed by atoms with Gasteiger partial charge < -0.3 is 11.1 Å². The van der Waals surface area contributed by atoms with Gasteiger partial charge in [-0.05, 0) is 13.3 Å². The molecule has 0 spiro atoms. The summed E-state index contributed by atoms with van der Waals surface area (Å²) in [6, 6.07) is -0.248. The van der Waals surface area contributed by atoms with Gasteiger partial charge in [-0.3, -0.25) is 9.48 Å². The summed E-state index contributed by atoms with van der Waals surface area (Å²) in [6.45, 7) is 3.87. The van der Waals surface area contributed by atoms with Crippen LogP contribution >= 0.6 is 12.2 Å². The average Bonchev–Trinajstić information content (AvgIpc) is 2.59. The fourth-order valence-corrected chi connectivity index (χ4v) is 1.71. The van der Waals surface area contributed by atoms with Gasteiger partial charge in [0, 0.05) is 12.7 Å². The molecule has 1 aromatic rings. The molecule has 0 aliphatic heterocycles. The highest BCUT2D eigenvalue weighted by Crippen LogP contribution is 2.07. The smallest absolute Gasteiger partial charge is 0.255 e. The molecule has 0 aromatic carbocycles. The first-order chi connectivity index (χ1) is 7.97. The second-order valence-electron chi connectivity index (χ2n) is 3.98. The number of amides is 1. The first kappa shape index (κ1) is 13.6. The molecular formula is C11H18N4OS. The third kappa shape index (κ3) is 3.26. The van der Waals surface area contributed by atoms with Crippen LogP contribution in [0.5, 0.6) is 0 Å². The van der Waals surface area contributed by atoms with E-state index in [-0.39, 0.29) is 11.9 Å². The van der Waals surface area contributed by atoms with Crippen LogP contribution in [0.1, 0.15) is 35.8 Å². The van der Waals surface area contributed by atoms with E-state index in [2.05, 4.69) is 10.4 Å². The lowest BCUT2D eigenvalue weighted by Gasteiger charge is -2.16. The summed E-state index contributed by atoms with van der Waals surface area (Å²) in [5.74, 6) is -0.179. The maximum Gasteiger partial charge on any atom is 0.255 e. The van der Waals surface area contributed by atoms with Gasteiger partial charge in [-0.1, -0.05) is 25.6 Å². The standard InChI is InChI=1S/C11H18N4OS/c1-4-5-9(10(12)17)14-11(16)8-6-13-15(3)7(8)2/h6,9H,4-5H2,1-3H3,(H2,12,17)(H,14,16). The Labute approximate surface area is 106 Å². The number of aromatic nitrogens is 2. The predicted molar refractivity (Wildman–Crippen MR) is 70.9 cm³/mol. The molecule has 3 N–H and O–H groups in total. The van der Waals surface area contributed by atoms with Crippen molar-refractivity contribution in [3.05, 3.63) is 17.5 Å². The summed E-state index contributed by atoms with van der Waals surface area (Å²) < 4.78 is 1.66. The molecular weight excluding hydrogens is 236 g/mol. The third-order valence-corrected chi connectivity index (χ3v) is 2.99. The molecule has 1 heterocycles. The molecule has 1 aromatic heterocycles. The maximum absolute atomic E-state index is 12.0. The molecule has 1 unspecified atom stereocenters. The van der Waals surface area contributed by atoms with Crippen molar-refractivity contribution in [3.8, 4) is 0 Å². The SMILES string of the molecule is CCCC(NC(=O)c1cnn(C)c1C)C(N)=S. The second kappa shape index (κ2) is 5.77. The van der Waals surface area contributed by atoms with Crippen molar-refractivity contribution in [1.82, 2.24) is 15.1 Å². The molecule has 1 rings (SSSR count). The Kier molecular flexibility index (Phi) is 4.62. The number of hydrogen-bond acceptors (Lipinski definition) is 3. The maximum atomic E-state index is 12.0.